The standard InChI is InChI=1S/C19H21N5O3/c1-14(25)24-13-17(27-16-5-3-2-4-15(16)24)19(26)23-10-8-22(9-11-23)18-12-20-6-7-21-18/h2-7,12,17H,8-11,13H2,1H3. The predicted molar refractivity (Wildman–Crippen MR) is 99.7 cm³/mol. The molecule has 140 valence electrons. The maximum absolute atomic E-state index is 13.0. The van der Waals surface area contributed by atoms with Crippen LogP contribution in [0.4, 0.5) is 11.5 Å². The maximum Gasteiger partial charge on any atom is 0.265 e. The van der Waals surface area contributed by atoms with Crippen LogP contribution in [-0.2, 0) is 9.59 Å². The number of piperazine rings is 1. The first-order valence-corrected chi connectivity index (χ1v) is 8.97. The number of ether oxygens (including phenoxy) is 1. The topological polar surface area (TPSA) is 78.9 Å². The van der Waals surface area contributed by atoms with E-state index in [4.69, 9.17) is 4.74 Å². The van der Waals surface area contributed by atoms with Crippen molar-refractivity contribution < 1.29 is 14.3 Å². The predicted octanol–water partition coefficient (Wildman–Crippen LogP) is 0.939. The second-order valence-corrected chi connectivity index (χ2v) is 6.58. The first-order valence-electron chi connectivity index (χ1n) is 8.97. The van der Waals surface area contributed by atoms with Gasteiger partial charge in [0.25, 0.3) is 5.91 Å². The van der Waals surface area contributed by atoms with Crippen LogP contribution in [0.1, 0.15) is 6.92 Å². The quantitative estimate of drug-likeness (QED) is 0.786. The molecule has 0 N–H and O–H groups in total. The molecule has 1 atom stereocenters. The van der Waals surface area contributed by atoms with Crippen LogP contribution in [0.5, 0.6) is 5.75 Å². The van der Waals surface area contributed by atoms with Crippen LogP contribution in [0.15, 0.2) is 42.9 Å². The highest BCUT2D eigenvalue weighted by Crippen LogP contribution is 2.33. The van der Waals surface area contributed by atoms with Gasteiger partial charge >= 0.3 is 0 Å². The number of hydrogen-bond acceptors (Lipinski definition) is 6. The van der Waals surface area contributed by atoms with Crippen LogP contribution in [-0.4, -0.2) is 65.5 Å². The van der Waals surface area contributed by atoms with E-state index < -0.39 is 6.10 Å². The van der Waals surface area contributed by atoms with E-state index >= 15 is 0 Å². The summed E-state index contributed by atoms with van der Waals surface area (Å²) in [5, 5.41) is 0. The molecule has 8 nitrogen and oxygen atoms in total. The van der Waals surface area contributed by atoms with Crippen molar-refractivity contribution in [3.63, 3.8) is 0 Å². The Balaban J connectivity index is 1.44. The lowest BCUT2D eigenvalue weighted by atomic mass is 10.1. The summed E-state index contributed by atoms with van der Waals surface area (Å²) in [4.78, 5) is 38.9. The maximum atomic E-state index is 13.0. The Morgan fingerprint density at radius 3 is 2.59 bits per heavy atom. The van der Waals surface area contributed by atoms with Gasteiger partial charge in [-0.15, -0.1) is 0 Å². The van der Waals surface area contributed by atoms with Crippen LogP contribution in [0.2, 0.25) is 0 Å². The largest absolute Gasteiger partial charge is 0.476 e. The lowest BCUT2D eigenvalue weighted by molar-refractivity contribution is -0.139. The molecular weight excluding hydrogens is 346 g/mol. The number of rotatable bonds is 2. The molecule has 3 heterocycles. The molecule has 1 aromatic carbocycles. The summed E-state index contributed by atoms with van der Waals surface area (Å²) < 4.78 is 5.92. The molecular formula is C19H21N5O3. The van der Waals surface area contributed by atoms with E-state index in [1.54, 1.807) is 34.5 Å². The van der Waals surface area contributed by atoms with Gasteiger partial charge in [0, 0.05) is 45.5 Å². The monoisotopic (exact) mass is 367 g/mol. The highest BCUT2D eigenvalue weighted by Gasteiger charge is 2.36. The van der Waals surface area contributed by atoms with E-state index in [-0.39, 0.29) is 18.4 Å². The Bertz CT molecular complexity index is 836. The summed E-state index contributed by atoms with van der Waals surface area (Å²) in [5.74, 6) is 1.19. The molecule has 0 spiro atoms. The number of para-hydroxylation sites is 2. The lowest BCUT2D eigenvalue weighted by Gasteiger charge is -2.39. The van der Waals surface area contributed by atoms with E-state index in [2.05, 4.69) is 14.9 Å². The van der Waals surface area contributed by atoms with Crippen LogP contribution >= 0.6 is 0 Å². The molecule has 1 fully saturated rings. The van der Waals surface area contributed by atoms with Crippen molar-refractivity contribution >= 4 is 23.3 Å². The number of carbonyl (C=O) groups excluding carboxylic acids is 2. The molecule has 1 aromatic heterocycles. The van der Waals surface area contributed by atoms with Gasteiger partial charge in [-0.2, -0.15) is 0 Å². The van der Waals surface area contributed by atoms with Gasteiger partial charge in [0.15, 0.2) is 6.10 Å². The fourth-order valence-electron chi connectivity index (χ4n) is 3.48. The highest BCUT2D eigenvalue weighted by molar-refractivity contribution is 5.95. The molecule has 1 unspecified atom stereocenters. The summed E-state index contributed by atoms with van der Waals surface area (Å²) in [6.45, 7) is 4.27. The van der Waals surface area contributed by atoms with Crippen molar-refractivity contribution in [1.82, 2.24) is 14.9 Å². The number of nitrogens with zero attached hydrogens (tertiary/aromatic N) is 5. The zero-order chi connectivity index (χ0) is 18.8. The van der Waals surface area contributed by atoms with Crippen LogP contribution in [0, 0.1) is 0 Å². The van der Waals surface area contributed by atoms with Gasteiger partial charge in [0.05, 0.1) is 18.4 Å². The minimum Gasteiger partial charge on any atom is -0.476 e. The van der Waals surface area contributed by atoms with Gasteiger partial charge in [-0.3, -0.25) is 14.6 Å². The van der Waals surface area contributed by atoms with Gasteiger partial charge in [-0.25, -0.2) is 4.98 Å². The summed E-state index contributed by atoms with van der Waals surface area (Å²) >= 11 is 0. The number of carbonyl (C=O) groups is 2. The van der Waals surface area contributed by atoms with E-state index in [0.29, 0.717) is 37.6 Å². The van der Waals surface area contributed by atoms with E-state index in [1.165, 1.54) is 6.92 Å². The molecule has 0 bridgehead atoms. The Hall–Kier alpha value is -3.16. The number of hydrogen-bond donors (Lipinski definition) is 0. The molecule has 8 heteroatoms. The van der Waals surface area contributed by atoms with Gasteiger partial charge < -0.3 is 19.4 Å². The van der Waals surface area contributed by atoms with Gasteiger partial charge in [-0.05, 0) is 12.1 Å². The van der Waals surface area contributed by atoms with Crippen molar-refractivity contribution in [3.8, 4) is 5.75 Å². The molecule has 2 aliphatic rings. The Morgan fingerprint density at radius 1 is 1.11 bits per heavy atom. The van der Waals surface area contributed by atoms with Crippen molar-refractivity contribution in [2.24, 2.45) is 0 Å². The van der Waals surface area contributed by atoms with Crippen molar-refractivity contribution in [2.75, 3.05) is 42.5 Å². The molecule has 2 aromatic rings. The molecule has 0 saturated carbocycles. The Kier molecular flexibility index (Phi) is 4.62. The summed E-state index contributed by atoms with van der Waals surface area (Å²) in [6.07, 6.45) is 4.34. The lowest BCUT2D eigenvalue weighted by Crippen LogP contribution is -2.56. The first kappa shape index (κ1) is 17.3. The molecule has 1 saturated heterocycles. The fourth-order valence-corrected chi connectivity index (χ4v) is 3.48. The average Bonchev–Trinajstić information content (AvgIpc) is 2.73. The molecule has 4 rings (SSSR count). The summed E-state index contributed by atoms with van der Waals surface area (Å²) in [5.41, 5.74) is 0.710. The average molecular weight is 367 g/mol. The fraction of sp³-hybridized carbons (Fsp3) is 0.368. The number of aromatic nitrogens is 2. The second kappa shape index (κ2) is 7.22. The van der Waals surface area contributed by atoms with Gasteiger partial charge in [0.2, 0.25) is 5.91 Å². The Labute approximate surface area is 157 Å². The summed E-state index contributed by atoms with van der Waals surface area (Å²) in [6, 6.07) is 7.31. The van der Waals surface area contributed by atoms with Crippen LogP contribution in [0.3, 0.4) is 0 Å². The minimum absolute atomic E-state index is 0.0884. The van der Waals surface area contributed by atoms with Gasteiger partial charge in [0.1, 0.15) is 11.6 Å². The smallest absolute Gasteiger partial charge is 0.265 e. The van der Waals surface area contributed by atoms with E-state index in [0.717, 1.165) is 5.82 Å². The third-order valence-electron chi connectivity index (χ3n) is 4.89. The number of benzene rings is 1. The molecule has 27 heavy (non-hydrogen) atoms. The summed E-state index contributed by atoms with van der Waals surface area (Å²) in [7, 11) is 0. The van der Waals surface area contributed by atoms with Crippen molar-refractivity contribution in [1.29, 1.82) is 0 Å². The van der Waals surface area contributed by atoms with E-state index in [1.807, 2.05) is 18.2 Å². The zero-order valence-corrected chi connectivity index (χ0v) is 15.1. The van der Waals surface area contributed by atoms with E-state index in [9.17, 15) is 9.59 Å². The number of fused-ring (bicyclic) bond motifs is 1. The molecule has 2 aliphatic heterocycles. The van der Waals surface area contributed by atoms with Gasteiger partial charge in [-0.1, -0.05) is 12.1 Å². The highest BCUT2D eigenvalue weighted by atomic mass is 16.5. The van der Waals surface area contributed by atoms with Crippen LogP contribution in [0.25, 0.3) is 0 Å². The normalized spacial score (nSPS) is 19.3. The zero-order valence-electron chi connectivity index (χ0n) is 15.1. The molecule has 0 radical (unpaired) electrons. The third kappa shape index (κ3) is 3.42. The molecule has 0 aliphatic carbocycles. The molecule has 2 amide bonds. The SMILES string of the molecule is CC(=O)N1CC(C(=O)N2CCN(c3cnccn3)CC2)Oc2ccccc21. The first-order chi connectivity index (χ1) is 13.1. The number of anilines is 2. The second-order valence-electron chi connectivity index (χ2n) is 6.58. The number of amides is 2. The minimum atomic E-state index is -0.688. The third-order valence-corrected chi connectivity index (χ3v) is 4.89. The Morgan fingerprint density at radius 2 is 1.89 bits per heavy atom. The van der Waals surface area contributed by atoms with Crippen LogP contribution < -0.4 is 14.5 Å². The van der Waals surface area contributed by atoms with Crippen molar-refractivity contribution in [3.05, 3.63) is 42.9 Å². The van der Waals surface area contributed by atoms with Crippen molar-refractivity contribution in [2.45, 2.75) is 13.0 Å².